The van der Waals surface area contributed by atoms with Crippen LogP contribution < -0.4 is 5.32 Å². The van der Waals surface area contributed by atoms with E-state index in [-0.39, 0.29) is 0 Å². The van der Waals surface area contributed by atoms with E-state index in [0.717, 1.165) is 18.1 Å². The fourth-order valence-electron chi connectivity index (χ4n) is 2.96. The van der Waals surface area contributed by atoms with Gasteiger partial charge in [-0.25, -0.2) is 0 Å². The molecule has 0 aromatic heterocycles. The smallest absolute Gasteiger partial charge is 0.0503 e. The first kappa shape index (κ1) is 15.2. The fraction of sp³-hybridized carbons (Fsp3) is 1.00. The van der Waals surface area contributed by atoms with Crippen LogP contribution in [0.5, 0.6) is 0 Å². The van der Waals surface area contributed by atoms with Gasteiger partial charge in [-0.2, -0.15) is 0 Å². The Kier molecular flexibility index (Phi) is 5.65. The molecule has 3 heteroatoms. The lowest BCUT2D eigenvalue weighted by Crippen LogP contribution is -2.47. The van der Waals surface area contributed by atoms with Crippen LogP contribution in [0.3, 0.4) is 0 Å². The maximum absolute atomic E-state index is 12.2. The normalized spacial score (nSPS) is 32.4. The van der Waals surface area contributed by atoms with Crippen LogP contribution in [0.2, 0.25) is 0 Å². The molecule has 4 unspecified atom stereocenters. The molecule has 0 heterocycles. The minimum atomic E-state index is -0.663. The van der Waals surface area contributed by atoms with E-state index >= 15 is 0 Å². The predicted octanol–water partition coefficient (Wildman–Crippen LogP) is 2.95. The van der Waals surface area contributed by atoms with Gasteiger partial charge in [0.15, 0.2) is 0 Å². The second kappa shape index (κ2) is 6.33. The SMILES string of the molecule is CCS(=O)C1CC(C(C)(C)CC)CCC1NC. The summed E-state index contributed by atoms with van der Waals surface area (Å²) in [6.07, 6.45) is 4.81. The first-order valence-electron chi connectivity index (χ1n) is 7.00. The van der Waals surface area contributed by atoms with Crippen molar-refractivity contribution in [2.75, 3.05) is 12.8 Å². The van der Waals surface area contributed by atoms with Crippen molar-refractivity contribution in [3.8, 4) is 0 Å². The van der Waals surface area contributed by atoms with Crippen LogP contribution in [-0.4, -0.2) is 28.3 Å². The van der Waals surface area contributed by atoms with E-state index in [1.54, 1.807) is 0 Å². The molecule has 1 saturated carbocycles. The highest BCUT2D eigenvalue weighted by Crippen LogP contribution is 2.41. The van der Waals surface area contributed by atoms with Gasteiger partial charge in [0, 0.05) is 22.6 Å². The summed E-state index contributed by atoms with van der Waals surface area (Å²) < 4.78 is 12.2. The molecule has 1 aliphatic carbocycles. The van der Waals surface area contributed by atoms with E-state index in [1.807, 2.05) is 14.0 Å². The number of nitrogens with one attached hydrogen (secondary N) is 1. The van der Waals surface area contributed by atoms with E-state index in [9.17, 15) is 4.21 Å². The van der Waals surface area contributed by atoms with Crippen LogP contribution in [-0.2, 0) is 10.8 Å². The molecule has 0 saturated heterocycles. The largest absolute Gasteiger partial charge is 0.316 e. The van der Waals surface area contributed by atoms with E-state index in [0.29, 0.717) is 16.7 Å². The van der Waals surface area contributed by atoms with E-state index < -0.39 is 10.8 Å². The monoisotopic (exact) mass is 259 g/mol. The Morgan fingerprint density at radius 2 is 1.94 bits per heavy atom. The lowest BCUT2D eigenvalue weighted by atomic mass is 9.68. The van der Waals surface area contributed by atoms with Crippen LogP contribution in [0.15, 0.2) is 0 Å². The van der Waals surface area contributed by atoms with Crippen molar-refractivity contribution in [3.05, 3.63) is 0 Å². The van der Waals surface area contributed by atoms with Crippen molar-refractivity contribution in [1.29, 1.82) is 0 Å². The van der Waals surface area contributed by atoms with E-state index in [1.165, 1.54) is 19.3 Å². The molecule has 0 radical (unpaired) electrons. The molecule has 0 amide bonds. The van der Waals surface area contributed by atoms with Crippen molar-refractivity contribution < 1.29 is 4.21 Å². The molecule has 17 heavy (non-hydrogen) atoms. The third-order valence-corrected chi connectivity index (χ3v) is 6.57. The van der Waals surface area contributed by atoms with Crippen LogP contribution in [0.4, 0.5) is 0 Å². The minimum absolute atomic E-state index is 0.356. The molecule has 0 aliphatic heterocycles. The maximum Gasteiger partial charge on any atom is 0.0503 e. The summed E-state index contributed by atoms with van der Waals surface area (Å²) in [7, 11) is 1.35. The summed E-state index contributed by atoms with van der Waals surface area (Å²) in [5, 5.41) is 3.72. The van der Waals surface area contributed by atoms with Gasteiger partial charge >= 0.3 is 0 Å². The average molecular weight is 259 g/mol. The summed E-state index contributed by atoms with van der Waals surface area (Å²) in [6, 6.07) is 0.458. The zero-order valence-corrected chi connectivity index (χ0v) is 12.9. The average Bonchev–Trinajstić information content (AvgIpc) is 2.36. The van der Waals surface area contributed by atoms with E-state index in [4.69, 9.17) is 0 Å². The summed E-state index contributed by atoms with van der Waals surface area (Å²) in [4.78, 5) is 0. The number of rotatable bonds is 5. The van der Waals surface area contributed by atoms with Crippen molar-refractivity contribution in [2.24, 2.45) is 11.3 Å². The quantitative estimate of drug-likeness (QED) is 0.822. The van der Waals surface area contributed by atoms with Gasteiger partial charge in [-0.3, -0.25) is 4.21 Å². The molecule has 1 rings (SSSR count). The van der Waals surface area contributed by atoms with Gasteiger partial charge < -0.3 is 5.32 Å². The highest BCUT2D eigenvalue weighted by Gasteiger charge is 2.38. The van der Waals surface area contributed by atoms with Gasteiger partial charge in [0.25, 0.3) is 0 Å². The van der Waals surface area contributed by atoms with Crippen molar-refractivity contribution in [3.63, 3.8) is 0 Å². The summed E-state index contributed by atoms with van der Waals surface area (Å²) in [5.74, 6) is 1.53. The molecule has 4 atom stereocenters. The van der Waals surface area contributed by atoms with Crippen molar-refractivity contribution >= 4 is 10.8 Å². The summed E-state index contributed by atoms with van der Waals surface area (Å²) in [6.45, 7) is 9.04. The van der Waals surface area contributed by atoms with Crippen LogP contribution >= 0.6 is 0 Å². The van der Waals surface area contributed by atoms with Gasteiger partial charge in [-0.05, 0) is 37.6 Å². The Labute approximate surface area is 109 Å². The molecule has 0 aromatic carbocycles. The third-order valence-electron chi connectivity index (χ3n) is 4.80. The first-order valence-corrected chi connectivity index (χ1v) is 8.38. The number of hydrogen-bond acceptors (Lipinski definition) is 2. The highest BCUT2D eigenvalue weighted by atomic mass is 32.2. The predicted molar refractivity (Wildman–Crippen MR) is 76.7 cm³/mol. The fourth-order valence-corrected chi connectivity index (χ4v) is 4.48. The Balaban J connectivity index is 2.75. The molecular formula is C14H29NOS. The first-order chi connectivity index (χ1) is 7.96. The van der Waals surface area contributed by atoms with Crippen LogP contribution in [0.25, 0.3) is 0 Å². The number of hydrogen-bond donors (Lipinski definition) is 1. The second-order valence-corrected chi connectivity index (χ2v) is 7.90. The maximum atomic E-state index is 12.2. The van der Waals surface area contributed by atoms with Crippen LogP contribution in [0.1, 0.15) is 53.4 Å². The van der Waals surface area contributed by atoms with E-state index in [2.05, 4.69) is 26.1 Å². The molecule has 1 aliphatic rings. The third kappa shape index (κ3) is 3.54. The molecule has 0 aromatic rings. The Hall–Kier alpha value is 0.110. The topological polar surface area (TPSA) is 29.1 Å². The Morgan fingerprint density at radius 3 is 2.41 bits per heavy atom. The molecule has 1 fully saturated rings. The molecule has 0 bridgehead atoms. The summed E-state index contributed by atoms with van der Waals surface area (Å²) >= 11 is 0. The van der Waals surface area contributed by atoms with Gasteiger partial charge in [0.1, 0.15) is 0 Å². The van der Waals surface area contributed by atoms with Crippen molar-refractivity contribution in [2.45, 2.75) is 64.7 Å². The Morgan fingerprint density at radius 1 is 1.29 bits per heavy atom. The molecule has 0 spiro atoms. The lowest BCUT2D eigenvalue weighted by molar-refractivity contribution is 0.142. The van der Waals surface area contributed by atoms with Gasteiger partial charge in [0.05, 0.1) is 5.25 Å². The summed E-state index contributed by atoms with van der Waals surface area (Å²) in [5.41, 5.74) is 0.398. The van der Waals surface area contributed by atoms with Crippen molar-refractivity contribution in [1.82, 2.24) is 5.32 Å². The molecular weight excluding hydrogens is 230 g/mol. The minimum Gasteiger partial charge on any atom is -0.316 e. The molecule has 2 nitrogen and oxygen atoms in total. The second-order valence-electron chi connectivity index (χ2n) is 5.96. The molecule has 1 N–H and O–H groups in total. The Bertz CT molecular complexity index is 265. The van der Waals surface area contributed by atoms with Gasteiger partial charge in [0.2, 0.25) is 0 Å². The van der Waals surface area contributed by atoms with Gasteiger partial charge in [-0.15, -0.1) is 0 Å². The van der Waals surface area contributed by atoms with Crippen LogP contribution in [0, 0.1) is 11.3 Å². The standard InChI is InChI=1S/C14H29NOS/c1-6-14(3,4)11-8-9-12(15-5)13(10-11)17(16)7-2/h11-13,15H,6-10H2,1-5H3. The van der Waals surface area contributed by atoms with Gasteiger partial charge in [-0.1, -0.05) is 34.1 Å². The highest BCUT2D eigenvalue weighted by molar-refractivity contribution is 7.85. The zero-order chi connectivity index (χ0) is 13.1. The molecule has 102 valence electrons. The zero-order valence-electron chi connectivity index (χ0n) is 12.1. The lowest BCUT2D eigenvalue weighted by Gasteiger charge is -2.42.